The van der Waals surface area contributed by atoms with Crippen LogP contribution in [0.1, 0.15) is 40.0 Å². The molecule has 0 saturated carbocycles. The molecule has 4 heteroatoms. The van der Waals surface area contributed by atoms with E-state index in [1.54, 1.807) is 0 Å². The molecule has 96 valence electrons. The predicted octanol–water partition coefficient (Wildman–Crippen LogP) is 2.65. The largest absolute Gasteiger partial charge is 0.396 e. The van der Waals surface area contributed by atoms with E-state index in [1.165, 1.54) is 6.42 Å². The number of nitrogen functional groups attached to an aromatic ring is 2. The van der Waals surface area contributed by atoms with E-state index in [9.17, 15) is 0 Å². The van der Waals surface area contributed by atoms with Crippen molar-refractivity contribution in [3.05, 3.63) is 12.1 Å². The number of hydrogen-bond donors (Lipinski definition) is 2. The summed E-state index contributed by atoms with van der Waals surface area (Å²) in [5, 5.41) is 0. The Morgan fingerprint density at radius 2 is 2.00 bits per heavy atom. The number of anilines is 3. The summed E-state index contributed by atoms with van der Waals surface area (Å²) >= 11 is 0. The fourth-order valence-electron chi connectivity index (χ4n) is 1.74. The number of nitrogens with zero attached hydrogens (tertiary/aromatic N) is 2. The second-order valence-corrected chi connectivity index (χ2v) is 4.45. The highest BCUT2D eigenvalue weighted by Gasteiger charge is 2.14. The molecule has 1 rings (SSSR count). The van der Waals surface area contributed by atoms with E-state index < -0.39 is 0 Å². The van der Waals surface area contributed by atoms with Gasteiger partial charge in [-0.3, -0.25) is 0 Å². The highest BCUT2D eigenvalue weighted by atomic mass is 15.2. The SMILES string of the molecule is CCCCN(c1ccc(N)c(N)n1)C(C)CC. The van der Waals surface area contributed by atoms with Crippen LogP contribution in [-0.2, 0) is 0 Å². The number of hydrogen-bond acceptors (Lipinski definition) is 4. The summed E-state index contributed by atoms with van der Waals surface area (Å²) < 4.78 is 0. The number of aromatic nitrogens is 1. The smallest absolute Gasteiger partial charge is 0.149 e. The van der Waals surface area contributed by atoms with Gasteiger partial charge in [0, 0.05) is 12.6 Å². The van der Waals surface area contributed by atoms with Crippen LogP contribution in [0.3, 0.4) is 0 Å². The standard InChI is InChI=1S/C13H24N4/c1-4-6-9-17(10(3)5-2)12-8-7-11(14)13(15)16-12/h7-8,10H,4-6,9,14H2,1-3H3,(H2,15,16). The fraction of sp³-hybridized carbons (Fsp3) is 0.615. The van der Waals surface area contributed by atoms with E-state index in [1.807, 2.05) is 12.1 Å². The van der Waals surface area contributed by atoms with Crippen molar-refractivity contribution in [2.24, 2.45) is 0 Å². The van der Waals surface area contributed by atoms with Gasteiger partial charge in [0.25, 0.3) is 0 Å². The molecule has 0 aliphatic rings. The van der Waals surface area contributed by atoms with Crippen LogP contribution < -0.4 is 16.4 Å². The molecule has 1 aromatic rings. The average Bonchev–Trinajstić information content (AvgIpc) is 2.33. The Kier molecular flexibility index (Phi) is 5.07. The van der Waals surface area contributed by atoms with Crippen molar-refractivity contribution in [2.45, 2.75) is 46.1 Å². The lowest BCUT2D eigenvalue weighted by Crippen LogP contribution is -2.34. The van der Waals surface area contributed by atoms with Crippen LogP contribution in [0.4, 0.5) is 17.3 Å². The first-order chi connectivity index (χ1) is 8.10. The Hall–Kier alpha value is -1.45. The predicted molar refractivity (Wildman–Crippen MR) is 75.1 cm³/mol. The van der Waals surface area contributed by atoms with Gasteiger partial charge in [0.1, 0.15) is 11.6 Å². The quantitative estimate of drug-likeness (QED) is 0.796. The summed E-state index contributed by atoms with van der Waals surface area (Å²) in [6, 6.07) is 4.25. The number of unbranched alkanes of at least 4 members (excludes halogenated alkanes) is 1. The summed E-state index contributed by atoms with van der Waals surface area (Å²) in [6.07, 6.45) is 3.43. The molecule has 0 fully saturated rings. The summed E-state index contributed by atoms with van der Waals surface area (Å²) in [7, 11) is 0. The van der Waals surface area contributed by atoms with Crippen LogP contribution >= 0.6 is 0 Å². The summed E-state index contributed by atoms with van der Waals surface area (Å²) in [5.74, 6) is 1.35. The van der Waals surface area contributed by atoms with Crippen LogP contribution in [0.2, 0.25) is 0 Å². The molecular weight excluding hydrogens is 212 g/mol. The maximum atomic E-state index is 5.77. The molecule has 0 amide bonds. The van der Waals surface area contributed by atoms with Crippen LogP contribution in [0.5, 0.6) is 0 Å². The molecule has 1 atom stereocenters. The highest BCUT2D eigenvalue weighted by molar-refractivity contribution is 5.62. The first-order valence-corrected chi connectivity index (χ1v) is 6.38. The lowest BCUT2D eigenvalue weighted by atomic mass is 10.2. The van der Waals surface area contributed by atoms with E-state index in [0.29, 0.717) is 17.5 Å². The Morgan fingerprint density at radius 1 is 1.29 bits per heavy atom. The van der Waals surface area contributed by atoms with Crippen molar-refractivity contribution in [3.63, 3.8) is 0 Å². The third-order valence-electron chi connectivity index (χ3n) is 3.11. The molecule has 0 aromatic carbocycles. The third kappa shape index (κ3) is 3.51. The van der Waals surface area contributed by atoms with E-state index in [-0.39, 0.29) is 0 Å². The molecule has 4 nitrogen and oxygen atoms in total. The zero-order valence-electron chi connectivity index (χ0n) is 11.1. The summed E-state index contributed by atoms with van der Waals surface area (Å²) in [5.41, 5.74) is 12.0. The van der Waals surface area contributed by atoms with Crippen molar-refractivity contribution in [2.75, 3.05) is 22.9 Å². The van der Waals surface area contributed by atoms with E-state index in [4.69, 9.17) is 11.5 Å². The lowest BCUT2D eigenvalue weighted by molar-refractivity contribution is 0.590. The van der Waals surface area contributed by atoms with Crippen molar-refractivity contribution in [3.8, 4) is 0 Å². The van der Waals surface area contributed by atoms with Gasteiger partial charge in [-0.15, -0.1) is 0 Å². The molecule has 0 saturated heterocycles. The Bertz CT molecular complexity index is 351. The topological polar surface area (TPSA) is 68.2 Å². The third-order valence-corrected chi connectivity index (χ3v) is 3.11. The van der Waals surface area contributed by atoms with E-state index in [2.05, 4.69) is 30.7 Å². The van der Waals surface area contributed by atoms with Crippen molar-refractivity contribution < 1.29 is 0 Å². The number of nitrogens with two attached hydrogens (primary N) is 2. The lowest BCUT2D eigenvalue weighted by Gasteiger charge is -2.30. The molecule has 4 N–H and O–H groups in total. The zero-order chi connectivity index (χ0) is 12.8. The molecule has 17 heavy (non-hydrogen) atoms. The van der Waals surface area contributed by atoms with Crippen LogP contribution in [0, 0.1) is 0 Å². The van der Waals surface area contributed by atoms with E-state index in [0.717, 1.165) is 25.2 Å². The molecule has 0 aliphatic heterocycles. The van der Waals surface area contributed by atoms with Gasteiger partial charge in [-0.25, -0.2) is 4.98 Å². The van der Waals surface area contributed by atoms with Crippen molar-refractivity contribution >= 4 is 17.3 Å². The first-order valence-electron chi connectivity index (χ1n) is 6.38. The summed E-state index contributed by atoms with van der Waals surface area (Å²) in [4.78, 5) is 6.68. The second-order valence-electron chi connectivity index (χ2n) is 4.45. The minimum Gasteiger partial charge on any atom is -0.396 e. The number of rotatable bonds is 6. The minimum atomic E-state index is 0.423. The van der Waals surface area contributed by atoms with Gasteiger partial charge in [-0.05, 0) is 31.9 Å². The van der Waals surface area contributed by atoms with Gasteiger partial charge in [-0.2, -0.15) is 0 Å². The Balaban J connectivity index is 2.91. The Morgan fingerprint density at radius 3 is 2.53 bits per heavy atom. The second kappa shape index (κ2) is 6.33. The fourth-order valence-corrected chi connectivity index (χ4v) is 1.74. The molecule has 0 bridgehead atoms. The molecule has 1 heterocycles. The maximum absolute atomic E-state index is 5.77. The van der Waals surface area contributed by atoms with Gasteiger partial charge in [0.2, 0.25) is 0 Å². The van der Waals surface area contributed by atoms with E-state index >= 15 is 0 Å². The maximum Gasteiger partial charge on any atom is 0.149 e. The van der Waals surface area contributed by atoms with Crippen LogP contribution in [-0.4, -0.2) is 17.6 Å². The molecule has 0 radical (unpaired) electrons. The van der Waals surface area contributed by atoms with Crippen LogP contribution in [0.15, 0.2) is 12.1 Å². The molecule has 1 aromatic heterocycles. The first kappa shape index (κ1) is 13.6. The number of pyridine rings is 1. The molecule has 0 aliphatic carbocycles. The average molecular weight is 236 g/mol. The molecule has 1 unspecified atom stereocenters. The van der Waals surface area contributed by atoms with Crippen molar-refractivity contribution in [1.82, 2.24) is 4.98 Å². The van der Waals surface area contributed by atoms with Gasteiger partial charge in [0.15, 0.2) is 0 Å². The molecule has 0 spiro atoms. The van der Waals surface area contributed by atoms with Crippen LogP contribution in [0.25, 0.3) is 0 Å². The summed E-state index contributed by atoms with van der Waals surface area (Å²) in [6.45, 7) is 7.61. The van der Waals surface area contributed by atoms with Gasteiger partial charge < -0.3 is 16.4 Å². The normalized spacial score (nSPS) is 12.4. The van der Waals surface area contributed by atoms with Crippen molar-refractivity contribution in [1.29, 1.82) is 0 Å². The Labute approximate surface area is 104 Å². The molecular formula is C13H24N4. The highest BCUT2D eigenvalue weighted by Crippen LogP contribution is 2.21. The van der Waals surface area contributed by atoms with Gasteiger partial charge >= 0.3 is 0 Å². The van der Waals surface area contributed by atoms with Gasteiger partial charge in [-0.1, -0.05) is 20.3 Å². The minimum absolute atomic E-state index is 0.423. The zero-order valence-corrected chi connectivity index (χ0v) is 11.1. The monoisotopic (exact) mass is 236 g/mol. The van der Waals surface area contributed by atoms with Gasteiger partial charge in [0.05, 0.1) is 5.69 Å².